The first-order valence-corrected chi connectivity index (χ1v) is 7.79. The Morgan fingerprint density at radius 3 is 2.89 bits per heavy atom. The molecule has 2 aromatic rings. The van der Waals surface area contributed by atoms with E-state index in [-0.39, 0.29) is 5.75 Å². The number of hydrogen-bond acceptors (Lipinski definition) is 4. The second-order valence-electron chi connectivity index (χ2n) is 4.72. The molecule has 1 saturated heterocycles. The van der Waals surface area contributed by atoms with E-state index in [1.807, 2.05) is 24.3 Å². The monoisotopic (exact) mass is 277 g/mol. The molecule has 0 radical (unpaired) electrons. The molecule has 0 unspecified atom stereocenters. The minimum Gasteiger partial charge on any atom is -0.398 e. The highest BCUT2D eigenvalue weighted by Gasteiger charge is 2.28. The predicted octanol–water partition coefficient (Wildman–Crippen LogP) is 1.35. The summed E-state index contributed by atoms with van der Waals surface area (Å²) in [7, 11) is -3.09. The molecule has 0 atom stereocenters. The van der Waals surface area contributed by atoms with Gasteiger partial charge < -0.3 is 5.73 Å². The fourth-order valence-corrected chi connectivity index (χ4v) is 3.93. The molecule has 19 heavy (non-hydrogen) atoms. The Morgan fingerprint density at radius 1 is 1.32 bits per heavy atom. The second kappa shape index (κ2) is 4.47. The maximum absolute atomic E-state index is 11.8. The van der Waals surface area contributed by atoms with Gasteiger partial charge in [-0.05, 0) is 30.2 Å². The Hall–Kier alpha value is -1.66. The summed E-state index contributed by atoms with van der Waals surface area (Å²) < 4.78 is 25.2. The maximum atomic E-state index is 11.8. The second-order valence-corrected chi connectivity index (χ2v) is 6.81. The molecule has 1 aliphatic rings. The van der Waals surface area contributed by atoms with Crippen molar-refractivity contribution in [3.05, 3.63) is 36.0 Å². The van der Waals surface area contributed by atoms with Crippen molar-refractivity contribution in [2.45, 2.75) is 13.0 Å². The Bertz CT molecular complexity index is 728. The molecule has 1 fully saturated rings. The highest BCUT2D eigenvalue weighted by molar-refractivity contribution is 7.89. The van der Waals surface area contributed by atoms with Gasteiger partial charge in [-0.1, -0.05) is 6.07 Å². The van der Waals surface area contributed by atoms with Gasteiger partial charge in [-0.2, -0.15) is 4.31 Å². The molecule has 100 valence electrons. The Morgan fingerprint density at radius 2 is 2.16 bits per heavy atom. The number of pyridine rings is 1. The van der Waals surface area contributed by atoms with E-state index in [9.17, 15) is 8.42 Å². The molecule has 2 N–H and O–H groups in total. The maximum Gasteiger partial charge on any atom is 0.214 e. The molecule has 0 spiro atoms. The zero-order valence-corrected chi connectivity index (χ0v) is 11.2. The van der Waals surface area contributed by atoms with Gasteiger partial charge in [-0.25, -0.2) is 8.42 Å². The molecule has 1 aliphatic heterocycles. The van der Waals surface area contributed by atoms with Gasteiger partial charge in [-0.3, -0.25) is 4.98 Å². The van der Waals surface area contributed by atoms with Crippen LogP contribution in [0.15, 0.2) is 30.5 Å². The van der Waals surface area contributed by atoms with Crippen molar-refractivity contribution in [1.82, 2.24) is 9.29 Å². The van der Waals surface area contributed by atoms with E-state index in [0.29, 0.717) is 25.2 Å². The van der Waals surface area contributed by atoms with Crippen LogP contribution in [0.3, 0.4) is 0 Å². The van der Waals surface area contributed by atoms with Crippen LogP contribution >= 0.6 is 0 Å². The number of anilines is 1. The summed E-state index contributed by atoms with van der Waals surface area (Å²) in [4.78, 5) is 4.33. The highest BCUT2D eigenvalue weighted by atomic mass is 32.2. The third-order valence-corrected chi connectivity index (χ3v) is 5.34. The van der Waals surface area contributed by atoms with Gasteiger partial charge in [0.1, 0.15) is 0 Å². The minimum absolute atomic E-state index is 0.243. The van der Waals surface area contributed by atoms with E-state index in [2.05, 4.69) is 4.98 Å². The quantitative estimate of drug-likeness (QED) is 0.841. The summed E-state index contributed by atoms with van der Waals surface area (Å²) in [5.74, 6) is 0.243. The van der Waals surface area contributed by atoms with Crippen LogP contribution in [0, 0.1) is 0 Å². The molecule has 5 nitrogen and oxygen atoms in total. The largest absolute Gasteiger partial charge is 0.398 e. The first-order chi connectivity index (χ1) is 9.08. The lowest BCUT2D eigenvalue weighted by atomic mass is 10.1. The third-order valence-electron chi connectivity index (χ3n) is 3.44. The summed E-state index contributed by atoms with van der Waals surface area (Å²) in [5, 5.41) is 0.872. The normalized spacial score (nSPS) is 18.9. The number of nitrogen functional groups attached to an aromatic ring is 1. The first kappa shape index (κ1) is 12.4. The van der Waals surface area contributed by atoms with Crippen molar-refractivity contribution in [3.63, 3.8) is 0 Å². The number of fused-ring (bicyclic) bond motifs is 1. The molecule has 0 bridgehead atoms. The summed E-state index contributed by atoms with van der Waals surface area (Å²) in [5.41, 5.74) is 8.26. The van der Waals surface area contributed by atoms with Gasteiger partial charge in [0.2, 0.25) is 10.0 Å². The van der Waals surface area contributed by atoms with Crippen molar-refractivity contribution in [2.75, 3.05) is 18.0 Å². The fraction of sp³-hybridized carbons (Fsp3) is 0.308. The van der Waals surface area contributed by atoms with E-state index in [1.165, 1.54) is 4.31 Å². The number of nitrogens with zero attached hydrogens (tertiary/aromatic N) is 2. The Kier molecular flexibility index (Phi) is 2.91. The van der Waals surface area contributed by atoms with Gasteiger partial charge in [-0.15, -0.1) is 0 Å². The number of rotatable bonds is 2. The molecule has 3 rings (SSSR count). The highest BCUT2D eigenvalue weighted by Crippen LogP contribution is 2.25. The zero-order chi connectivity index (χ0) is 13.5. The van der Waals surface area contributed by atoms with E-state index in [1.54, 1.807) is 6.20 Å². The number of nitrogens with two attached hydrogens (primary N) is 1. The molecule has 0 aliphatic carbocycles. The first-order valence-electron chi connectivity index (χ1n) is 6.18. The molecule has 0 amide bonds. The smallest absolute Gasteiger partial charge is 0.214 e. The summed E-state index contributed by atoms with van der Waals surface area (Å²) in [6.07, 6.45) is 2.40. The molecular weight excluding hydrogens is 262 g/mol. The lowest BCUT2D eigenvalue weighted by molar-refractivity contribution is 0.441. The molecule has 6 heteroatoms. The van der Waals surface area contributed by atoms with E-state index >= 15 is 0 Å². The number of aromatic nitrogens is 1. The minimum atomic E-state index is -3.09. The van der Waals surface area contributed by atoms with Crippen LogP contribution in [0.2, 0.25) is 0 Å². The van der Waals surface area contributed by atoms with Crippen LogP contribution in [-0.4, -0.2) is 30.0 Å². The summed E-state index contributed by atoms with van der Waals surface area (Å²) in [6.45, 7) is 0.956. The van der Waals surface area contributed by atoms with Crippen LogP contribution in [0.1, 0.15) is 12.0 Å². The van der Waals surface area contributed by atoms with Crippen molar-refractivity contribution in [1.29, 1.82) is 0 Å². The van der Waals surface area contributed by atoms with Crippen LogP contribution in [0.5, 0.6) is 0 Å². The van der Waals surface area contributed by atoms with Gasteiger partial charge in [0, 0.05) is 30.4 Å². The van der Waals surface area contributed by atoms with Crippen molar-refractivity contribution in [3.8, 4) is 0 Å². The van der Waals surface area contributed by atoms with Crippen molar-refractivity contribution < 1.29 is 8.42 Å². The molecule has 0 saturated carbocycles. The topological polar surface area (TPSA) is 76.3 Å². The third kappa shape index (κ3) is 2.17. The van der Waals surface area contributed by atoms with Crippen LogP contribution < -0.4 is 5.73 Å². The van der Waals surface area contributed by atoms with Gasteiger partial charge in [0.15, 0.2) is 0 Å². The fourth-order valence-electron chi connectivity index (χ4n) is 2.44. The average molecular weight is 277 g/mol. The van der Waals surface area contributed by atoms with Gasteiger partial charge in [0.25, 0.3) is 0 Å². The van der Waals surface area contributed by atoms with Gasteiger partial charge >= 0.3 is 0 Å². The Labute approximate surface area is 112 Å². The summed E-state index contributed by atoms with van der Waals surface area (Å²) in [6, 6.07) is 7.40. The van der Waals surface area contributed by atoms with Crippen LogP contribution in [0.4, 0.5) is 5.69 Å². The number of hydrogen-bond donors (Lipinski definition) is 1. The zero-order valence-electron chi connectivity index (χ0n) is 10.4. The lowest BCUT2D eigenvalue weighted by Crippen LogP contribution is -2.25. The van der Waals surface area contributed by atoms with Crippen LogP contribution in [-0.2, 0) is 16.6 Å². The SMILES string of the molecule is Nc1ccc(CN2CCCS2(=O)=O)c2ncccc12. The van der Waals surface area contributed by atoms with E-state index < -0.39 is 10.0 Å². The predicted molar refractivity (Wildman–Crippen MR) is 75.0 cm³/mol. The van der Waals surface area contributed by atoms with Gasteiger partial charge in [0.05, 0.1) is 11.3 Å². The van der Waals surface area contributed by atoms with Crippen LogP contribution in [0.25, 0.3) is 10.9 Å². The standard InChI is InChI=1S/C13H15N3O2S/c14-12-5-4-10(13-11(12)3-1-6-15-13)9-16-7-2-8-19(16,17)18/h1,3-6H,2,7-9,14H2. The lowest BCUT2D eigenvalue weighted by Gasteiger charge is -2.15. The van der Waals surface area contributed by atoms with Crippen molar-refractivity contribution in [2.24, 2.45) is 0 Å². The Balaban J connectivity index is 2.05. The molecule has 1 aromatic carbocycles. The number of sulfonamides is 1. The number of benzene rings is 1. The van der Waals surface area contributed by atoms with E-state index in [0.717, 1.165) is 16.5 Å². The summed E-state index contributed by atoms with van der Waals surface area (Å²) >= 11 is 0. The van der Waals surface area contributed by atoms with Crippen molar-refractivity contribution >= 4 is 26.6 Å². The molecule has 2 heterocycles. The van der Waals surface area contributed by atoms with E-state index in [4.69, 9.17) is 5.73 Å². The average Bonchev–Trinajstić information content (AvgIpc) is 2.72. The molecule has 1 aromatic heterocycles. The molecular formula is C13H15N3O2S.